The lowest BCUT2D eigenvalue weighted by atomic mass is 10.00. The molecule has 0 aliphatic rings. The standard InChI is InChI=1S/C28H30Cl2N6O4/c1-18(37)36(27(40)35-22-11-9-21(10-12-22)20-6-3-2-4-7-20)28(25(38)39,14-5-15-33-26(31)32)34-17-19-8-13-23(29)24(30)16-19/h2-4,6-13,16,34H,5,14-15,17H2,1H3,(H,35,40)(H,38,39)(H4,31,32,33)/t28-/m0/s1. The van der Waals surface area contributed by atoms with Crippen molar-refractivity contribution in [2.24, 2.45) is 16.5 Å². The maximum atomic E-state index is 13.5. The van der Waals surface area contributed by atoms with Gasteiger partial charge in [0, 0.05) is 25.7 Å². The van der Waals surface area contributed by atoms with E-state index in [1.165, 1.54) is 0 Å². The van der Waals surface area contributed by atoms with Gasteiger partial charge in [0.15, 0.2) is 5.96 Å². The van der Waals surface area contributed by atoms with E-state index in [4.69, 9.17) is 34.7 Å². The van der Waals surface area contributed by atoms with Gasteiger partial charge >= 0.3 is 12.0 Å². The van der Waals surface area contributed by atoms with E-state index in [-0.39, 0.29) is 36.9 Å². The summed E-state index contributed by atoms with van der Waals surface area (Å²) in [7, 11) is 0. The molecule has 0 heterocycles. The van der Waals surface area contributed by atoms with Crippen LogP contribution in [0.25, 0.3) is 11.1 Å². The molecule has 210 valence electrons. The molecule has 0 bridgehead atoms. The summed E-state index contributed by atoms with van der Waals surface area (Å²) in [6.07, 6.45) is -0.0538. The number of nitrogens with zero attached hydrogens (tertiary/aromatic N) is 2. The van der Waals surface area contributed by atoms with E-state index in [0.29, 0.717) is 21.2 Å². The van der Waals surface area contributed by atoms with Crippen LogP contribution in [0, 0.1) is 0 Å². The fraction of sp³-hybridized carbons (Fsp3) is 0.214. The van der Waals surface area contributed by atoms with Gasteiger partial charge in [-0.2, -0.15) is 0 Å². The van der Waals surface area contributed by atoms with Crippen LogP contribution in [0.1, 0.15) is 25.3 Å². The zero-order chi connectivity index (χ0) is 29.3. The summed E-state index contributed by atoms with van der Waals surface area (Å²) in [6.45, 7) is 1.15. The first-order valence-corrected chi connectivity index (χ1v) is 13.0. The van der Waals surface area contributed by atoms with E-state index < -0.39 is 23.6 Å². The van der Waals surface area contributed by atoms with Crippen molar-refractivity contribution in [3.8, 4) is 11.1 Å². The van der Waals surface area contributed by atoms with E-state index in [0.717, 1.165) is 18.1 Å². The molecular formula is C28H30Cl2N6O4. The van der Waals surface area contributed by atoms with Crippen LogP contribution in [0.2, 0.25) is 10.0 Å². The van der Waals surface area contributed by atoms with E-state index in [2.05, 4.69) is 15.6 Å². The number of anilines is 1. The van der Waals surface area contributed by atoms with Crippen LogP contribution < -0.4 is 22.1 Å². The summed E-state index contributed by atoms with van der Waals surface area (Å²) in [6, 6.07) is 20.5. The molecule has 3 aromatic rings. The molecule has 0 aliphatic heterocycles. The number of hydrogen-bond acceptors (Lipinski definition) is 5. The summed E-state index contributed by atoms with van der Waals surface area (Å²) < 4.78 is 0. The fourth-order valence-electron chi connectivity index (χ4n) is 4.14. The molecule has 0 aliphatic carbocycles. The third-order valence-electron chi connectivity index (χ3n) is 6.06. The molecule has 10 nitrogen and oxygen atoms in total. The Balaban J connectivity index is 1.91. The number of aliphatic imine (C=N–C) groups is 1. The largest absolute Gasteiger partial charge is 0.478 e. The number of benzene rings is 3. The zero-order valence-electron chi connectivity index (χ0n) is 21.7. The van der Waals surface area contributed by atoms with Crippen LogP contribution in [-0.2, 0) is 16.1 Å². The topological polar surface area (TPSA) is 163 Å². The molecular weight excluding hydrogens is 555 g/mol. The second kappa shape index (κ2) is 13.8. The number of urea groups is 1. The molecule has 0 unspecified atom stereocenters. The normalized spacial score (nSPS) is 12.2. The first kappa shape index (κ1) is 30.4. The second-order valence-electron chi connectivity index (χ2n) is 8.91. The number of amides is 3. The predicted octanol–water partition coefficient (Wildman–Crippen LogP) is 4.67. The number of hydrogen-bond donors (Lipinski definition) is 5. The lowest BCUT2D eigenvalue weighted by Crippen LogP contribution is -2.67. The number of aliphatic carboxylic acids is 1. The lowest BCUT2D eigenvalue weighted by Gasteiger charge is -2.39. The minimum absolute atomic E-state index is 0.0473. The van der Waals surface area contributed by atoms with Gasteiger partial charge in [0.1, 0.15) is 0 Å². The predicted molar refractivity (Wildman–Crippen MR) is 157 cm³/mol. The monoisotopic (exact) mass is 584 g/mol. The van der Waals surface area contributed by atoms with Crippen molar-refractivity contribution in [1.29, 1.82) is 0 Å². The Morgan fingerprint density at radius 3 is 2.17 bits per heavy atom. The highest BCUT2D eigenvalue weighted by atomic mass is 35.5. The first-order chi connectivity index (χ1) is 19.0. The molecule has 7 N–H and O–H groups in total. The highest BCUT2D eigenvalue weighted by Crippen LogP contribution is 2.27. The van der Waals surface area contributed by atoms with E-state index in [1.54, 1.807) is 30.3 Å². The highest BCUT2D eigenvalue weighted by molar-refractivity contribution is 6.42. The number of rotatable bonds is 11. The molecule has 3 aromatic carbocycles. The summed E-state index contributed by atoms with van der Waals surface area (Å²) in [5.74, 6) is -2.39. The van der Waals surface area contributed by atoms with Crippen molar-refractivity contribution in [2.75, 3.05) is 11.9 Å². The van der Waals surface area contributed by atoms with Gasteiger partial charge in [0.2, 0.25) is 11.6 Å². The Bertz CT molecular complexity index is 1380. The Labute approximate surface area is 242 Å². The van der Waals surface area contributed by atoms with E-state index >= 15 is 0 Å². The summed E-state index contributed by atoms with van der Waals surface area (Å²) in [4.78, 5) is 43.7. The smallest absolute Gasteiger partial charge is 0.345 e. The molecule has 0 fully saturated rings. The van der Waals surface area contributed by atoms with Gasteiger partial charge in [0.05, 0.1) is 10.0 Å². The molecule has 40 heavy (non-hydrogen) atoms. The number of guanidine groups is 1. The van der Waals surface area contributed by atoms with Gasteiger partial charge in [-0.25, -0.2) is 14.5 Å². The van der Waals surface area contributed by atoms with Crippen molar-refractivity contribution in [3.05, 3.63) is 88.4 Å². The molecule has 0 aromatic heterocycles. The average molecular weight is 585 g/mol. The number of halogens is 2. The summed E-state index contributed by atoms with van der Waals surface area (Å²) >= 11 is 12.1. The number of nitrogens with one attached hydrogen (secondary N) is 2. The van der Waals surface area contributed by atoms with Crippen LogP contribution in [0.3, 0.4) is 0 Å². The lowest BCUT2D eigenvalue weighted by molar-refractivity contribution is -0.158. The molecule has 1 atom stereocenters. The van der Waals surface area contributed by atoms with Gasteiger partial charge in [-0.1, -0.05) is 71.7 Å². The third-order valence-corrected chi connectivity index (χ3v) is 6.80. The number of carbonyl (C=O) groups is 3. The average Bonchev–Trinajstić information content (AvgIpc) is 2.91. The third kappa shape index (κ3) is 7.72. The molecule has 12 heteroatoms. The molecule has 0 radical (unpaired) electrons. The van der Waals surface area contributed by atoms with Crippen LogP contribution in [0.4, 0.5) is 10.5 Å². The quantitative estimate of drug-likeness (QED) is 0.0945. The molecule has 3 amide bonds. The number of carboxylic acids is 1. The molecule has 3 rings (SSSR count). The van der Waals surface area contributed by atoms with E-state index in [9.17, 15) is 19.5 Å². The van der Waals surface area contributed by atoms with Crippen LogP contribution in [-0.4, -0.2) is 46.1 Å². The van der Waals surface area contributed by atoms with Gasteiger partial charge in [-0.3, -0.25) is 15.1 Å². The number of carbonyl (C=O) groups excluding carboxylic acids is 2. The van der Waals surface area contributed by atoms with Crippen LogP contribution in [0.15, 0.2) is 77.8 Å². The maximum Gasteiger partial charge on any atom is 0.345 e. The Morgan fingerprint density at radius 1 is 0.950 bits per heavy atom. The molecule has 0 saturated carbocycles. The van der Waals surface area contributed by atoms with Crippen LogP contribution >= 0.6 is 23.2 Å². The summed E-state index contributed by atoms with van der Waals surface area (Å²) in [5.41, 5.74) is 11.5. The van der Waals surface area contributed by atoms with Gasteiger partial charge in [0.25, 0.3) is 0 Å². The van der Waals surface area contributed by atoms with Gasteiger partial charge in [-0.15, -0.1) is 0 Å². The zero-order valence-corrected chi connectivity index (χ0v) is 23.2. The maximum absolute atomic E-state index is 13.5. The van der Waals surface area contributed by atoms with Crippen LogP contribution in [0.5, 0.6) is 0 Å². The Kier molecular flexibility index (Phi) is 10.5. The fourth-order valence-corrected chi connectivity index (χ4v) is 4.46. The minimum Gasteiger partial charge on any atom is -0.478 e. The number of carboxylic acid groups (broad SMARTS) is 1. The second-order valence-corrected chi connectivity index (χ2v) is 9.72. The van der Waals surface area contributed by atoms with Gasteiger partial charge in [-0.05, 0) is 53.8 Å². The minimum atomic E-state index is -2.15. The Hall–Kier alpha value is -4.12. The van der Waals surface area contributed by atoms with Crippen molar-refractivity contribution in [1.82, 2.24) is 10.2 Å². The first-order valence-electron chi connectivity index (χ1n) is 12.3. The van der Waals surface area contributed by atoms with Gasteiger partial charge < -0.3 is 21.9 Å². The van der Waals surface area contributed by atoms with Crippen molar-refractivity contribution in [3.63, 3.8) is 0 Å². The molecule has 0 saturated heterocycles. The van der Waals surface area contributed by atoms with Crippen molar-refractivity contribution >= 4 is 52.8 Å². The highest BCUT2D eigenvalue weighted by Gasteiger charge is 2.48. The number of nitrogens with two attached hydrogens (primary N) is 2. The number of imide groups is 1. The summed E-state index contributed by atoms with van der Waals surface area (Å²) in [5, 5.41) is 16.6. The van der Waals surface area contributed by atoms with Crippen molar-refractivity contribution < 1.29 is 19.5 Å². The SMILES string of the molecule is CC(=O)N(C(=O)Nc1ccc(-c2ccccc2)cc1)[C@](CCCN=C(N)N)(NCc1ccc(Cl)c(Cl)c1)C(=O)O. The Morgan fingerprint density at radius 2 is 1.60 bits per heavy atom. The van der Waals surface area contributed by atoms with E-state index in [1.807, 2.05) is 42.5 Å². The molecule has 0 spiro atoms. The van der Waals surface area contributed by atoms with Crippen molar-refractivity contribution in [2.45, 2.75) is 32.0 Å².